The topological polar surface area (TPSA) is 46.3 Å². The van der Waals surface area contributed by atoms with Crippen molar-refractivity contribution >= 4 is 5.91 Å². The average molecular weight is 360 g/mol. The van der Waals surface area contributed by atoms with Crippen LogP contribution in [0.1, 0.15) is 48.0 Å². The van der Waals surface area contributed by atoms with Crippen LogP contribution in [0.3, 0.4) is 0 Å². The van der Waals surface area contributed by atoms with Crippen LogP contribution in [0.5, 0.6) is 0 Å². The van der Waals surface area contributed by atoms with Gasteiger partial charge in [-0.25, -0.2) is 0 Å². The number of amides is 1. The molecule has 0 saturated carbocycles. The summed E-state index contributed by atoms with van der Waals surface area (Å²) in [6.45, 7) is 1.62. The van der Waals surface area contributed by atoms with Crippen molar-refractivity contribution in [2.75, 3.05) is 13.1 Å². The van der Waals surface area contributed by atoms with Gasteiger partial charge in [0.05, 0.1) is 12.2 Å². The van der Waals surface area contributed by atoms with Gasteiger partial charge < -0.3 is 9.32 Å². The Labute approximate surface area is 159 Å². The van der Waals surface area contributed by atoms with Gasteiger partial charge in [-0.3, -0.25) is 9.78 Å². The van der Waals surface area contributed by atoms with Gasteiger partial charge in [0.2, 0.25) is 5.91 Å². The first-order valence-corrected chi connectivity index (χ1v) is 9.57. The first kappa shape index (κ1) is 17.5. The van der Waals surface area contributed by atoms with Crippen LogP contribution in [0.25, 0.3) is 0 Å². The molecule has 0 radical (unpaired) electrons. The maximum absolute atomic E-state index is 13.0. The summed E-state index contributed by atoms with van der Waals surface area (Å²) in [5, 5.41) is 0. The van der Waals surface area contributed by atoms with E-state index in [-0.39, 0.29) is 11.8 Å². The first-order chi connectivity index (χ1) is 13.3. The lowest BCUT2D eigenvalue weighted by atomic mass is 9.89. The first-order valence-electron chi connectivity index (χ1n) is 9.57. The summed E-state index contributed by atoms with van der Waals surface area (Å²) in [4.78, 5) is 19.1. The van der Waals surface area contributed by atoms with E-state index in [1.54, 1.807) is 6.26 Å². The van der Waals surface area contributed by atoms with Gasteiger partial charge in [-0.1, -0.05) is 30.3 Å². The molecule has 4 rings (SSSR count). The van der Waals surface area contributed by atoms with Gasteiger partial charge in [-0.2, -0.15) is 0 Å². The molecule has 1 unspecified atom stereocenters. The van der Waals surface area contributed by atoms with Crippen LogP contribution in [-0.2, 0) is 4.79 Å². The lowest BCUT2D eigenvalue weighted by molar-refractivity contribution is -0.132. The molecule has 0 N–H and O–H groups in total. The van der Waals surface area contributed by atoms with Crippen molar-refractivity contribution < 1.29 is 9.21 Å². The van der Waals surface area contributed by atoms with Crippen LogP contribution in [0.15, 0.2) is 77.7 Å². The van der Waals surface area contributed by atoms with Crippen molar-refractivity contribution in [1.29, 1.82) is 0 Å². The molecule has 4 heteroatoms. The van der Waals surface area contributed by atoms with Gasteiger partial charge in [0.1, 0.15) is 5.76 Å². The molecule has 27 heavy (non-hydrogen) atoms. The highest BCUT2D eigenvalue weighted by molar-refractivity contribution is 5.77. The van der Waals surface area contributed by atoms with Gasteiger partial charge in [0.25, 0.3) is 0 Å². The Morgan fingerprint density at radius 3 is 2.44 bits per heavy atom. The second kappa shape index (κ2) is 8.21. The van der Waals surface area contributed by atoms with Crippen molar-refractivity contribution in [3.05, 3.63) is 90.1 Å². The van der Waals surface area contributed by atoms with E-state index < -0.39 is 0 Å². The number of piperidine rings is 1. The van der Waals surface area contributed by atoms with Crippen LogP contribution >= 0.6 is 0 Å². The Morgan fingerprint density at radius 2 is 1.78 bits per heavy atom. The average Bonchev–Trinajstić information content (AvgIpc) is 3.28. The third-order valence-electron chi connectivity index (χ3n) is 5.49. The molecule has 0 bridgehead atoms. The summed E-state index contributed by atoms with van der Waals surface area (Å²) in [6.07, 6.45) is 7.83. The summed E-state index contributed by atoms with van der Waals surface area (Å²) in [7, 11) is 0. The largest absolute Gasteiger partial charge is 0.469 e. The normalized spacial score (nSPS) is 16.2. The van der Waals surface area contributed by atoms with Gasteiger partial charge >= 0.3 is 0 Å². The van der Waals surface area contributed by atoms with Gasteiger partial charge in [0.15, 0.2) is 0 Å². The summed E-state index contributed by atoms with van der Waals surface area (Å²) < 4.78 is 5.64. The zero-order chi connectivity index (χ0) is 18.5. The monoisotopic (exact) mass is 360 g/mol. The number of rotatable bonds is 5. The van der Waals surface area contributed by atoms with Crippen molar-refractivity contribution in [2.45, 2.75) is 31.1 Å². The zero-order valence-corrected chi connectivity index (χ0v) is 15.3. The quantitative estimate of drug-likeness (QED) is 0.668. The number of likely N-dealkylation sites (tertiary alicyclic amines) is 1. The van der Waals surface area contributed by atoms with Crippen LogP contribution in [0, 0.1) is 0 Å². The Kier molecular flexibility index (Phi) is 5.33. The number of aromatic nitrogens is 1. The van der Waals surface area contributed by atoms with Crippen LogP contribution in [0.4, 0.5) is 0 Å². The fraction of sp³-hybridized carbons (Fsp3) is 0.304. The van der Waals surface area contributed by atoms with E-state index in [9.17, 15) is 4.79 Å². The fourth-order valence-corrected chi connectivity index (χ4v) is 3.96. The van der Waals surface area contributed by atoms with Gasteiger partial charge in [-0.05, 0) is 54.2 Å². The molecular weight excluding hydrogens is 336 g/mol. The predicted molar refractivity (Wildman–Crippen MR) is 104 cm³/mol. The second-order valence-corrected chi connectivity index (χ2v) is 7.12. The molecule has 1 aliphatic rings. The Hall–Kier alpha value is -2.88. The summed E-state index contributed by atoms with van der Waals surface area (Å²) in [6, 6.07) is 18.2. The number of carbonyl (C=O) groups excluding carboxylic acids is 1. The highest BCUT2D eigenvalue weighted by atomic mass is 16.3. The minimum absolute atomic E-state index is 0.0355. The van der Waals surface area contributed by atoms with Crippen molar-refractivity contribution in [3.63, 3.8) is 0 Å². The van der Waals surface area contributed by atoms with E-state index in [0.717, 1.165) is 37.3 Å². The molecule has 4 nitrogen and oxygen atoms in total. The lowest BCUT2D eigenvalue weighted by Gasteiger charge is -2.33. The molecular formula is C23H24N2O2. The zero-order valence-electron chi connectivity index (χ0n) is 15.3. The molecule has 3 aromatic rings. The van der Waals surface area contributed by atoms with Crippen LogP contribution in [-0.4, -0.2) is 28.9 Å². The number of carbonyl (C=O) groups is 1. The number of hydrogen-bond acceptors (Lipinski definition) is 3. The molecule has 1 aromatic carbocycles. The molecule has 2 aromatic heterocycles. The van der Waals surface area contributed by atoms with E-state index in [4.69, 9.17) is 4.42 Å². The second-order valence-electron chi connectivity index (χ2n) is 7.12. The molecule has 1 amide bonds. The van der Waals surface area contributed by atoms with E-state index in [1.165, 1.54) is 5.56 Å². The van der Waals surface area contributed by atoms with Crippen LogP contribution in [0.2, 0.25) is 0 Å². The minimum atomic E-state index is -0.0355. The maximum atomic E-state index is 13.0. The Balaban J connectivity index is 1.42. The highest BCUT2D eigenvalue weighted by Gasteiger charge is 2.27. The van der Waals surface area contributed by atoms with E-state index in [1.807, 2.05) is 47.6 Å². The number of pyridine rings is 1. The molecule has 3 heterocycles. The third-order valence-corrected chi connectivity index (χ3v) is 5.49. The fourth-order valence-electron chi connectivity index (χ4n) is 3.96. The van der Waals surface area contributed by atoms with Gasteiger partial charge in [-0.15, -0.1) is 0 Å². The maximum Gasteiger partial charge on any atom is 0.223 e. The third kappa shape index (κ3) is 4.11. The molecule has 0 aliphatic carbocycles. The number of benzene rings is 1. The molecule has 1 atom stereocenters. The number of furan rings is 1. The van der Waals surface area contributed by atoms with Crippen molar-refractivity contribution in [3.8, 4) is 0 Å². The molecule has 0 spiro atoms. The van der Waals surface area contributed by atoms with Crippen LogP contribution < -0.4 is 0 Å². The molecule has 1 saturated heterocycles. The Morgan fingerprint density at radius 1 is 1.04 bits per heavy atom. The lowest BCUT2D eigenvalue weighted by Crippen LogP contribution is -2.38. The molecule has 1 fully saturated rings. The summed E-state index contributed by atoms with van der Waals surface area (Å²) in [5.74, 6) is 1.54. The SMILES string of the molecule is O=C(CC(c1ccccc1)c1ccco1)N1CCC(c2ccncc2)CC1. The highest BCUT2D eigenvalue weighted by Crippen LogP contribution is 2.31. The standard InChI is InChI=1S/C23H24N2O2/c26-23(25-14-10-19(11-15-25)18-8-12-24-13-9-18)17-21(22-7-4-16-27-22)20-5-2-1-3-6-20/h1-9,12-13,16,19,21H,10-11,14-15,17H2. The minimum Gasteiger partial charge on any atom is -0.469 e. The van der Waals surface area contributed by atoms with E-state index >= 15 is 0 Å². The summed E-state index contributed by atoms with van der Waals surface area (Å²) in [5.41, 5.74) is 2.45. The number of hydrogen-bond donors (Lipinski definition) is 0. The van der Waals surface area contributed by atoms with Crippen molar-refractivity contribution in [2.24, 2.45) is 0 Å². The van der Waals surface area contributed by atoms with Crippen molar-refractivity contribution in [1.82, 2.24) is 9.88 Å². The smallest absolute Gasteiger partial charge is 0.223 e. The predicted octanol–water partition coefficient (Wildman–Crippen LogP) is 4.60. The number of nitrogens with zero attached hydrogens (tertiary/aromatic N) is 2. The molecule has 138 valence electrons. The van der Waals surface area contributed by atoms with E-state index in [0.29, 0.717) is 12.3 Å². The summed E-state index contributed by atoms with van der Waals surface area (Å²) >= 11 is 0. The Bertz CT molecular complexity index is 839. The van der Waals surface area contributed by atoms with Gasteiger partial charge in [0, 0.05) is 31.9 Å². The van der Waals surface area contributed by atoms with E-state index in [2.05, 4.69) is 29.2 Å². The molecule has 1 aliphatic heterocycles.